The van der Waals surface area contributed by atoms with Crippen LogP contribution in [0.4, 0.5) is 5.82 Å². The van der Waals surface area contributed by atoms with E-state index in [9.17, 15) is 0 Å². The summed E-state index contributed by atoms with van der Waals surface area (Å²) in [7, 11) is 0. The Morgan fingerprint density at radius 3 is 2.76 bits per heavy atom. The maximum absolute atomic E-state index is 6.03. The zero-order valence-electron chi connectivity index (χ0n) is 10.5. The van der Waals surface area contributed by atoms with E-state index in [0.29, 0.717) is 12.0 Å². The average molecular weight is 254 g/mol. The molecule has 2 unspecified atom stereocenters. The lowest BCUT2D eigenvalue weighted by Crippen LogP contribution is -2.33. The molecule has 1 aromatic heterocycles. The van der Waals surface area contributed by atoms with Crippen molar-refractivity contribution in [2.45, 2.75) is 45.6 Å². The van der Waals surface area contributed by atoms with Crippen LogP contribution < -0.4 is 5.32 Å². The molecule has 3 nitrogen and oxygen atoms in total. The highest BCUT2D eigenvalue weighted by molar-refractivity contribution is 6.18. The van der Waals surface area contributed by atoms with Gasteiger partial charge in [0.15, 0.2) is 0 Å². The smallest absolute Gasteiger partial charge is 0.130 e. The lowest BCUT2D eigenvalue weighted by atomic mass is 9.86. The van der Waals surface area contributed by atoms with Crippen LogP contribution >= 0.6 is 11.6 Å². The molecule has 0 saturated heterocycles. The molecule has 1 heterocycles. The monoisotopic (exact) mass is 253 g/mol. The van der Waals surface area contributed by atoms with E-state index in [1.165, 1.54) is 25.7 Å². The van der Waals surface area contributed by atoms with Gasteiger partial charge in [-0.2, -0.15) is 0 Å². The lowest BCUT2D eigenvalue weighted by molar-refractivity contribution is 0.352. The van der Waals surface area contributed by atoms with Crippen molar-refractivity contribution in [3.8, 4) is 0 Å². The summed E-state index contributed by atoms with van der Waals surface area (Å²) in [5.74, 6) is 3.07. The van der Waals surface area contributed by atoms with Crippen LogP contribution in [0.15, 0.2) is 6.07 Å². The molecule has 1 aliphatic carbocycles. The number of rotatable bonds is 3. The van der Waals surface area contributed by atoms with E-state index in [2.05, 4.69) is 15.3 Å². The highest BCUT2D eigenvalue weighted by atomic mass is 35.5. The zero-order chi connectivity index (χ0) is 12.3. The average Bonchev–Trinajstić information content (AvgIpc) is 2.28. The van der Waals surface area contributed by atoms with Gasteiger partial charge in [-0.15, -0.1) is 11.6 Å². The topological polar surface area (TPSA) is 37.8 Å². The van der Waals surface area contributed by atoms with Crippen LogP contribution in [0.2, 0.25) is 0 Å². The van der Waals surface area contributed by atoms with Crippen molar-refractivity contribution in [2.24, 2.45) is 5.92 Å². The van der Waals surface area contributed by atoms with Gasteiger partial charge in [-0.05, 0) is 32.6 Å². The summed E-state index contributed by atoms with van der Waals surface area (Å²) in [6, 6.07) is 2.47. The third-order valence-corrected chi connectivity index (χ3v) is 3.80. The fourth-order valence-corrected chi connectivity index (χ4v) is 2.93. The van der Waals surface area contributed by atoms with Crippen LogP contribution in [0.3, 0.4) is 0 Å². The number of hydrogen-bond donors (Lipinski definition) is 1. The van der Waals surface area contributed by atoms with E-state index < -0.39 is 0 Å². The van der Waals surface area contributed by atoms with Gasteiger partial charge in [-0.1, -0.05) is 12.8 Å². The molecule has 0 radical (unpaired) electrons. The first-order chi connectivity index (χ1) is 8.19. The Morgan fingerprint density at radius 2 is 2.06 bits per heavy atom. The number of hydrogen-bond acceptors (Lipinski definition) is 3. The Labute approximate surface area is 108 Å². The van der Waals surface area contributed by atoms with E-state index in [-0.39, 0.29) is 0 Å². The SMILES string of the molecule is Cc1cc(NC2CCCCC2CCl)nc(C)n1. The summed E-state index contributed by atoms with van der Waals surface area (Å²) >= 11 is 6.03. The Bertz CT molecular complexity index is 361. The van der Waals surface area contributed by atoms with E-state index >= 15 is 0 Å². The van der Waals surface area contributed by atoms with Crippen molar-refractivity contribution < 1.29 is 0 Å². The standard InChI is InChI=1S/C13H20ClN3/c1-9-7-13(16-10(2)15-9)17-12-6-4-3-5-11(12)8-14/h7,11-12H,3-6,8H2,1-2H3,(H,15,16,17). The molecule has 17 heavy (non-hydrogen) atoms. The second kappa shape index (κ2) is 5.67. The van der Waals surface area contributed by atoms with Crippen molar-refractivity contribution >= 4 is 17.4 Å². The van der Waals surface area contributed by atoms with Gasteiger partial charge in [0.1, 0.15) is 11.6 Å². The first-order valence-corrected chi connectivity index (χ1v) is 6.87. The lowest BCUT2D eigenvalue weighted by Gasteiger charge is -2.31. The van der Waals surface area contributed by atoms with Gasteiger partial charge in [0.2, 0.25) is 0 Å². The van der Waals surface area contributed by atoms with Gasteiger partial charge >= 0.3 is 0 Å². The molecule has 0 aliphatic heterocycles. The summed E-state index contributed by atoms with van der Waals surface area (Å²) in [6.45, 7) is 3.93. The third kappa shape index (κ3) is 3.32. The molecular formula is C13H20ClN3. The van der Waals surface area contributed by atoms with Crippen LogP contribution in [-0.2, 0) is 0 Å². The van der Waals surface area contributed by atoms with Crippen molar-refractivity contribution in [1.82, 2.24) is 9.97 Å². The first kappa shape index (κ1) is 12.6. The fraction of sp³-hybridized carbons (Fsp3) is 0.692. The minimum atomic E-state index is 0.468. The molecule has 0 amide bonds. The van der Waals surface area contributed by atoms with Crippen LogP contribution in [-0.4, -0.2) is 21.9 Å². The molecule has 1 saturated carbocycles. The number of aryl methyl sites for hydroxylation is 2. The minimum absolute atomic E-state index is 0.468. The summed E-state index contributed by atoms with van der Waals surface area (Å²) in [5, 5.41) is 3.53. The quantitative estimate of drug-likeness (QED) is 0.840. The Balaban J connectivity index is 2.08. The highest BCUT2D eigenvalue weighted by Gasteiger charge is 2.24. The molecule has 1 N–H and O–H groups in total. The number of aromatic nitrogens is 2. The van der Waals surface area contributed by atoms with Gasteiger partial charge in [0.05, 0.1) is 0 Å². The van der Waals surface area contributed by atoms with E-state index in [1.807, 2.05) is 19.9 Å². The summed E-state index contributed by atoms with van der Waals surface area (Å²) in [4.78, 5) is 8.72. The van der Waals surface area contributed by atoms with E-state index in [1.54, 1.807) is 0 Å². The second-order valence-corrected chi connectivity index (χ2v) is 5.20. The van der Waals surface area contributed by atoms with Crippen molar-refractivity contribution in [3.05, 3.63) is 17.6 Å². The summed E-state index contributed by atoms with van der Waals surface area (Å²) < 4.78 is 0. The van der Waals surface area contributed by atoms with Crippen LogP contribution in [0.5, 0.6) is 0 Å². The minimum Gasteiger partial charge on any atom is -0.367 e. The number of nitrogens with zero attached hydrogens (tertiary/aromatic N) is 2. The Morgan fingerprint density at radius 1 is 1.29 bits per heavy atom. The number of nitrogens with one attached hydrogen (secondary N) is 1. The molecule has 1 fully saturated rings. The molecule has 2 atom stereocenters. The molecule has 1 aliphatic rings. The largest absolute Gasteiger partial charge is 0.367 e. The van der Waals surface area contributed by atoms with Crippen LogP contribution in [0.1, 0.15) is 37.2 Å². The van der Waals surface area contributed by atoms with Crippen LogP contribution in [0.25, 0.3) is 0 Å². The predicted molar refractivity (Wildman–Crippen MR) is 71.6 cm³/mol. The molecular weight excluding hydrogens is 234 g/mol. The molecule has 94 valence electrons. The molecule has 2 rings (SSSR count). The molecule has 0 spiro atoms. The summed E-state index contributed by atoms with van der Waals surface area (Å²) in [6.07, 6.45) is 5.01. The van der Waals surface area contributed by atoms with Crippen LogP contribution in [0, 0.1) is 19.8 Å². The highest BCUT2D eigenvalue weighted by Crippen LogP contribution is 2.27. The molecule has 0 bridgehead atoms. The molecule has 1 aromatic rings. The van der Waals surface area contributed by atoms with Gasteiger partial charge < -0.3 is 5.32 Å². The second-order valence-electron chi connectivity index (χ2n) is 4.89. The number of halogens is 1. The third-order valence-electron chi connectivity index (χ3n) is 3.41. The normalized spacial score (nSPS) is 24.6. The van der Waals surface area contributed by atoms with Crippen molar-refractivity contribution in [3.63, 3.8) is 0 Å². The van der Waals surface area contributed by atoms with Crippen molar-refractivity contribution in [1.29, 1.82) is 0 Å². The number of anilines is 1. The molecule has 0 aromatic carbocycles. The Hall–Kier alpha value is -0.830. The van der Waals surface area contributed by atoms with E-state index in [0.717, 1.165) is 23.2 Å². The van der Waals surface area contributed by atoms with E-state index in [4.69, 9.17) is 11.6 Å². The number of alkyl halides is 1. The van der Waals surface area contributed by atoms with Gasteiger partial charge in [-0.25, -0.2) is 9.97 Å². The zero-order valence-corrected chi connectivity index (χ0v) is 11.3. The molecule has 4 heteroatoms. The summed E-state index contributed by atoms with van der Waals surface area (Å²) in [5.41, 5.74) is 1.01. The maximum atomic E-state index is 6.03. The maximum Gasteiger partial charge on any atom is 0.130 e. The predicted octanol–water partition coefficient (Wildman–Crippen LogP) is 3.30. The van der Waals surface area contributed by atoms with Gasteiger partial charge in [-0.3, -0.25) is 0 Å². The van der Waals surface area contributed by atoms with Gasteiger partial charge in [0.25, 0.3) is 0 Å². The van der Waals surface area contributed by atoms with Crippen molar-refractivity contribution in [2.75, 3.05) is 11.2 Å². The fourth-order valence-electron chi connectivity index (χ4n) is 2.56. The van der Waals surface area contributed by atoms with Gasteiger partial charge in [0, 0.05) is 23.7 Å². The Kier molecular flexibility index (Phi) is 4.21. The first-order valence-electron chi connectivity index (χ1n) is 6.34.